The van der Waals surface area contributed by atoms with Crippen LogP contribution in [0.15, 0.2) is 102 Å². The molecule has 1 aliphatic heterocycles. The maximum absolute atomic E-state index is 14.1. The van der Waals surface area contributed by atoms with Gasteiger partial charge in [-0.3, -0.25) is 14.5 Å². The Bertz CT molecular complexity index is 1410. The van der Waals surface area contributed by atoms with Gasteiger partial charge in [-0.1, -0.05) is 64.5 Å². The third-order valence-electron chi connectivity index (χ3n) is 6.73. The Labute approximate surface area is 212 Å². The molecule has 0 N–H and O–H groups in total. The molecule has 4 aromatic rings. The molecule has 2 heterocycles. The summed E-state index contributed by atoms with van der Waals surface area (Å²) in [7, 11) is 0. The van der Waals surface area contributed by atoms with E-state index in [0.717, 1.165) is 39.9 Å². The van der Waals surface area contributed by atoms with E-state index in [1.165, 1.54) is 0 Å². The van der Waals surface area contributed by atoms with Gasteiger partial charge in [-0.25, -0.2) is 0 Å². The first kappa shape index (κ1) is 21.9. The van der Waals surface area contributed by atoms with Crippen molar-refractivity contribution >= 4 is 33.4 Å². The van der Waals surface area contributed by atoms with Crippen LogP contribution in [-0.2, 0) is 4.79 Å². The van der Waals surface area contributed by atoms with Gasteiger partial charge in [0.1, 0.15) is 12.6 Å². The van der Waals surface area contributed by atoms with Crippen LogP contribution in [0.1, 0.15) is 40.5 Å². The van der Waals surface area contributed by atoms with Gasteiger partial charge in [0.2, 0.25) is 5.91 Å². The average molecular weight is 526 g/mol. The largest absolute Gasteiger partial charge is 0.326 e. The number of anilines is 1. The molecule has 2 aliphatic rings. The van der Waals surface area contributed by atoms with Crippen molar-refractivity contribution in [3.63, 3.8) is 0 Å². The molecule has 0 unspecified atom stereocenters. The fourth-order valence-corrected chi connectivity index (χ4v) is 5.37. The molecular weight excluding hydrogens is 502 g/mol. The summed E-state index contributed by atoms with van der Waals surface area (Å²) in [4.78, 5) is 31.2. The molecule has 6 heteroatoms. The highest BCUT2D eigenvalue weighted by atomic mass is 79.9. The number of benzene rings is 3. The zero-order valence-electron chi connectivity index (χ0n) is 19.0. The van der Waals surface area contributed by atoms with Crippen molar-refractivity contribution in [2.75, 3.05) is 11.4 Å². The highest BCUT2D eigenvalue weighted by Crippen LogP contribution is 2.42. The van der Waals surface area contributed by atoms with Crippen molar-refractivity contribution in [3.8, 4) is 5.69 Å². The van der Waals surface area contributed by atoms with Crippen LogP contribution in [0.2, 0.25) is 0 Å². The zero-order chi connectivity index (χ0) is 23.9. The van der Waals surface area contributed by atoms with Crippen molar-refractivity contribution in [3.05, 3.63) is 118 Å². The first-order valence-electron chi connectivity index (χ1n) is 11.8. The number of hydrogen-bond donors (Lipinski definition) is 0. The number of carbonyl (C=O) groups is 2. The number of rotatable bonds is 5. The van der Waals surface area contributed by atoms with Gasteiger partial charge in [0.05, 0.1) is 17.1 Å². The number of carbonyl (C=O) groups excluding carboxylic acids is 2. The highest BCUT2D eigenvalue weighted by molar-refractivity contribution is 9.10. The minimum atomic E-state index is -0.282. The molecule has 2 amide bonds. The van der Waals surface area contributed by atoms with E-state index in [9.17, 15) is 9.59 Å². The van der Waals surface area contributed by atoms with Crippen LogP contribution in [0, 0.1) is 0 Å². The van der Waals surface area contributed by atoms with Crippen molar-refractivity contribution in [1.29, 1.82) is 0 Å². The van der Waals surface area contributed by atoms with Gasteiger partial charge in [-0.2, -0.15) is 0 Å². The van der Waals surface area contributed by atoms with E-state index in [-0.39, 0.29) is 30.4 Å². The highest BCUT2D eigenvalue weighted by Gasteiger charge is 2.40. The van der Waals surface area contributed by atoms with E-state index >= 15 is 0 Å². The lowest BCUT2D eigenvalue weighted by molar-refractivity contribution is -0.119. The number of halogens is 1. The quantitative estimate of drug-likeness (QED) is 0.321. The van der Waals surface area contributed by atoms with Crippen LogP contribution in [0.4, 0.5) is 5.69 Å². The molecule has 35 heavy (non-hydrogen) atoms. The molecule has 5 nitrogen and oxygen atoms in total. The van der Waals surface area contributed by atoms with E-state index in [4.69, 9.17) is 0 Å². The minimum absolute atomic E-state index is 0.0361. The summed E-state index contributed by atoms with van der Waals surface area (Å²) < 4.78 is 3.00. The Kier molecular flexibility index (Phi) is 5.53. The number of amides is 2. The Hall–Kier alpha value is -3.64. The maximum Gasteiger partial charge on any atom is 0.254 e. The topological polar surface area (TPSA) is 45.6 Å². The van der Waals surface area contributed by atoms with E-state index < -0.39 is 0 Å². The molecule has 1 aliphatic carbocycles. The lowest BCUT2D eigenvalue weighted by atomic mass is 9.97. The standard InChI is InChI=1S/C29H24BrN3O2/c30-22-11-6-10-21(18-22)29(35)32(23-15-16-23)19-27(34)33-25-13-5-4-12-24(25)31-17-7-14-26(31)28(33)20-8-2-1-3-9-20/h1-14,17-18,23,28H,15-16,19H2/t28-/m0/s1. The molecule has 1 aromatic heterocycles. The number of aromatic nitrogens is 1. The number of nitrogens with zero attached hydrogens (tertiary/aromatic N) is 3. The Balaban J connectivity index is 1.41. The molecule has 1 fully saturated rings. The van der Waals surface area contributed by atoms with Gasteiger partial charge >= 0.3 is 0 Å². The first-order valence-corrected chi connectivity index (χ1v) is 12.6. The summed E-state index contributed by atoms with van der Waals surface area (Å²) in [5, 5.41) is 0. The summed E-state index contributed by atoms with van der Waals surface area (Å²) in [5.74, 6) is -0.193. The number of para-hydroxylation sites is 2. The van der Waals surface area contributed by atoms with Crippen LogP contribution < -0.4 is 4.90 Å². The smallest absolute Gasteiger partial charge is 0.254 e. The monoisotopic (exact) mass is 525 g/mol. The molecule has 0 spiro atoms. The fourth-order valence-electron chi connectivity index (χ4n) is 4.97. The Morgan fingerprint density at radius 1 is 0.857 bits per heavy atom. The summed E-state index contributed by atoms with van der Waals surface area (Å²) in [6.45, 7) is 0.0361. The first-order chi connectivity index (χ1) is 17.1. The van der Waals surface area contributed by atoms with Gasteiger partial charge in [0.15, 0.2) is 0 Å². The van der Waals surface area contributed by atoms with E-state index in [0.29, 0.717) is 5.56 Å². The van der Waals surface area contributed by atoms with Gasteiger partial charge in [-0.15, -0.1) is 0 Å². The molecule has 0 saturated heterocycles. The summed E-state index contributed by atoms with van der Waals surface area (Å²) in [5.41, 5.74) is 4.46. The second kappa shape index (κ2) is 8.86. The molecular formula is C29H24BrN3O2. The maximum atomic E-state index is 14.1. The SMILES string of the molecule is O=C(c1cccc(Br)c1)N(CC(=O)N1c2ccccc2-n2cccc2[C@@H]1c1ccccc1)C1CC1. The van der Waals surface area contributed by atoms with E-state index in [2.05, 4.69) is 38.7 Å². The Morgan fingerprint density at radius 3 is 2.34 bits per heavy atom. The predicted molar refractivity (Wildman–Crippen MR) is 140 cm³/mol. The van der Waals surface area contributed by atoms with Gasteiger partial charge in [-0.05, 0) is 60.9 Å². The van der Waals surface area contributed by atoms with Crippen molar-refractivity contribution in [2.45, 2.75) is 24.9 Å². The summed E-state index contributed by atoms with van der Waals surface area (Å²) >= 11 is 3.46. The second-order valence-electron chi connectivity index (χ2n) is 9.04. The third-order valence-corrected chi connectivity index (χ3v) is 7.22. The van der Waals surface area contributed by atoms with E-state index in [1.54, 1.807) is 4.90 Å². The van der Waals surface area contributed by atoms with Crippen LogP contribution in [0.25, 0.3) is 5.69 Å². The third kappa shape index (κ3) is 3.98. The Morgan fingerprint density at radius 2 is 1.60 bits per heavy atom. The predicted octanol–water partition coefficient (Wildman–Crippen LogP) is 5.98. The van der Waals surface area contributed by atoms with E-state index in [1.807, 2.05) is 83.9 Å². The average Bonchev–Trinajstić information content (AvgIpc) is 3.61. The van der Waals surface area contributed by atoms with Gasteiger partial charge < -0.3 is 9.47 Å². The molecule has 6 rings (SSSR count). The molecule has 1 saturated carbocycles. The normalized spacial score (nSPS) is 16.4. The van der Waals surface area contributed by atoms with Crippen LogP contribution in [-0.4, -0.2) is 33.9 Å². The lowest BCUT2D eigenvalue weighted by Crippen LogP contribution is -2.47. The van der Waals surface area contributed by atoms with Crippen LogP contribution in [0.5, 0.6) is 0 Å². The molecule has 0 bridgehead atoms. The molecule has 3 aromatic carbocycles. The van der Waals surface area contributed by atoms with Crippen molar-refractivity contribution in [1.82, 2.24) is 9.47 Å². The minimum Gasteiger partial charge on any atom is -0.326 e. The molecule has 0 radical (unpaired) electrons. The number of fused-ring (bicyclic) bond motifs is 3. The zero-order valence-corrected chi connectivity index (χ0v) is 20.6. The second-order valence-corrected chi connectivity index (χ2v) is 9.96. The fraction of sp³-hybridized carbons (Fsp3) is 0.172. The van der Waals surface area contributed by atoms with Crippen LogP contribution >= 0.6 is 15.9 Å². The number of hydrogen-bond acceptors (Lipinski definition) is 2. The van der Waals surface area contributed by atoms with Crippen molar-refractivity contribution < 1.29 is 9.59 Å². The van der Waals surface area contributed by atoms with Gasteiger partial charge in [0.25, 0.3) is 5.91 Å². The lowest BCUT2D eigenvalue weighted by Gasteiger charge is -2.39. The van der Waals surface area contributed by atoms with Crippen molar-refractivity contribution in [2.24, 2.45) is 0 Å². The molecule has 174 valence electrons. The summed E-state index contributed by atoms with van der Waals surface area (Å²) in [6.07, 6.45) is 3.89. The summed E-state index contributed by atoms with van der Waals surface area (Å²) in [6, 6.07) is 29.3. The van der Waals surface area contributed by atoms with Crippen LogP contribution in [0.3, 0.4) is 0 Å². The van der Waals surface area contributed by atoms with Gasteiger partial charge in [0, 0.05) is 22.3 Å². The molecule has 1 atom stereocenters.